The number of nitrogens with zero attached hydrogens (tertiary/aromatic N) is 1. The summed E-state index contributed by atoms with van der Waals surface area (Å²) >= 11 is 0. The lowest BCUT2D eigenvalue weighted by Crippen LogP contribution is -2.16. The average Bonchev–Trinajstić information content (AvgIpc) is 2.85. The molecule has 0 spiro atoms. The highest BCUT2D eigenvalue weighted by molar-refractivity contribution is 5.84. The first-order valence-corrected chi connectivity index (χ1v) is 12.1. The Morgan fingerprint density at radius 1 is 1.00 bits per heavy atom. The van der Waals surface area contributed by atoms with Crippen molar-refractivity contribution in [3.63, 3.8) is 0 Å². The van der Waals surface area contributed by atoms with E-state index in [0.717, 1.165) is 73.4 Å². The summed E-state index contributed by atoms with van der Waals surface area (Å²) in [6.45, 7) is 2.29. The largest absolute Gasteiger partial charge is 0.496 e. The summed E-state index contributed by atoms with van der Waals surface area (Å²) in [5.74, 6) is 1.16. The number of hydrogen-bond acceptors (Lipinski definition) is 6. The molecule has 0 amide bonds. The van der Waals surface area contributed by atoms with Gasteiger partial charge in [-0.15, -0.1) is 0 Å². The molecule has 0 N–H and O–H groups in total. The van der Waals surface area contributed by atoms with Crippen LogP contribution >= 0.6 is 0 Å². The SMILES string of the molecule is CCCCCCc1cc2c3c(c(=O)oc2cc1OCc1cc([N+](=O)[O-])ccc1OC)CCCC3. The minimum absolute atomic E-state index is 0.0182. The van der Waals surface area contributed by atoms with Crippen molar-refractivity contribution in [1.29, 1.82) is 0 Å². The summed E-state index contributed by atoms with van der Waals surface area (Å²) in [6, 6.07) is 8.39. The average molecular weight is 466 g/mol. The maximum Gasteiger partial charge on any atom is 0.339 e. The second-order valence-electron chi connectivity index (χ2n) is 8.86. The van der Waals surface area contributed by atoms with E-state index in [4.69, 9.17) is 13.9 Å². The molecule has 7 nitrogen and oxygen atoms in total. The molecule has 0 atom stereocenters. The van der Waals surface area contributed by atoms with E-state index < -0.39 is 4.92 Å². The molecule has 1 aliphatic carbocycles. The zero-order valence-corrected chi connectivity index (χ0v) is 19.9. The number of fused-ring (bicyclic) bond motifs is 3. The first kappa shape index (κ1) is 23.8. The van der Waals surface area contributed by atoms with Crippen LogP contribution in [-0.4, -0.2) is 12.0 Å². The summed E-state index contributed by atoms with van der Waals surface area (Å²) in [5, 5.41) is 12.2. The second-order valence-corrected chi connectivity index (χ2v) is 8.86. The number of ether oxygens (including phenoxy) is 2. The molecule has 7 heteroatoms. The van der Waals surface area contributed by atoms with Crippen LogP contribution in [0.15, 0.2) is 39.5 Å². The monoisotopic (exact) mass is 465 g/mol. The first-order chi connectivity index (χ1) is 16.5. The van der Waals surface area contributed by atoms with E-state index in [1.807, 2.05) is 6.07 Å². The highest BCUT2D eigenvalue weighted by Crippen LogP contribution is 2.34. The van der Waals surface area contributed by atoms with Gasteiger partial charge in [0.2, 0.25) is 0 Å². The van der Waals surface area contributed by atoms with Crippen molar-refractivity contribution in [1.82, 2.24) is 0 Å². The van der Waals surface area contributed by atoms with Crippen LogP contribution in [0.4, 0.5) is 5.69 Å². The van der Waals surface area contributed by atoms with Crippen LogP contribution in [0.3, 0.4) is 0 Å². The molecule has 1 aliphatic rings. The summed E-state index contributed by atoms with van der Waals surface area (Å²) in [4.78, 5) is 23.4. The molecule has 1 heterocycles. The lowest BCUT2D eigenvalue weighted by Gasteiger charge is -2.19. The Morgan fingerprint density at radius 3 is 2.53 bits per heavy atom. The van der Waals surface area contributed by atoms with E-state index in [-0.39, 0.29) is 17.9 Å². The number of aryl methyl sites for hydroxylation is 2. The van der Waals surface area contributed by atoms with Crippen molar-refractivity contribution < 1.29 is 18.8 Å². The Labute approximate surface area is 198 Å². The molecule has 0 aliphatic heterocycles. The molecule has 0 saturated carbocycles. The minimum atomic E-state index is -0.435. The van der Waals surface area contributed by atoms with Gasteiger partial charge in [0.05, 0.1) is 12.0 Å². The van der Waals surface area contributed by atoms with Crippen molar-refractivity contribution in [2.45, 2.75) is 71.3 Å². The normalized spacial score (nSPS) is 13.0. The number of non-ortho nitro benzene ring substituents is 1. The number of benzene rings is 2. The van der Waals surface area contributed by atoms with Gasteiger partial charge in [-0.1, -0.05) is 26.2 Å². The van der Waals surface area contributed by atoms with Crippen molar-refractivity contribution in [3.8, 4) is 11.5 Å². The van der Waals surface area contributed by atoms with E-state index in [1.165, 1.54) is 25.7 Å². The molecule has 180 valence electrons. The van der Waals surface area contributed by atoms with E-state index in [1.54, 1.807) is 6.07 Å². The summed E-state index contributed by atoms with van der Waals surface area (Å²) in [6.07, 6.45) is 9.10. The fourth-order valence-corrected chi connectivity index (χ4v) is 4.73. The van der Waals surface area contributed by atoms with Crippen LogP contribution in [0.25, 0.3) is 11.0 Å². The maximum absolute atomic E-state index is 12.6. The molecule has 0 radical (unpaired) electrons. The predicted octanol–water partition coefficient (Wildman–Crippen LogP) is 6.29. The Kier molecular flexibility index (Phi) is 7.50. The van der Waals surface area contributed by atoms with Gasteiger partial charge in [-0.05, 0) is 61.8 Å². The van der Waals surface area contributed by atoms with Gasteiger partial charge in [0, 0.05) is 34.7 Å². The van der Waals surface area contributed by atoms with E-state index in [2.05, 4.69) is 13.0 Å². The molecule has 3 aromatic rings. The summed E-state index contributed by atoms with van der Waals surface area (Å²) < 4.78 is 17.3. The molecule has 0 fully saturated rings. The van der Waals surface area contributed by atoms with Gasteiger partial charge in [0.1, 0.15) is 23.7 Å². The van der Waals surface area contributed by atoms with Crippen LogP contribution in [-0.2, 0) is 25.9 Å². The van der Waals surface area contributed by atoms with Gasteiger partial charge < -0.3 is 13.9 Å². The Bertz CT molecular complexity index is 1250. The molecule has 34 heavy (non-hydrogen) atoms. The Morgan fingerprint density at radius 2 is 1.79 bits per heavy atom. The summed E-state index contributed by atoms with van der Waals surface area (Å²) in [5.41, 5.74) is 3.82. The lowest BCUT2D eigenvalue weighted by atomic mass is 9.89. The fourth-order valence-electron chi connectivity index (χ4n) is 4.73. The third-order valence-corrected chi connectivity index (χ3v) is 6.56. The van der Waals surface area contributed by atoms with Crippen LogP contribution in [0.1, 0.15) is 67.7 Å². The number of methoxy groups -OCH3 is 1. The van der Waals surface area contributed by atoms with Gasteiger partial charge in [0.25, 0.3) is 5.69 Å². The summed E-state index contributed by atoms with van der Waals surface area (Å²) in [7, 11) is 1.53. The van der Waals surface area contributed by atoms with Crippen LogP contribution in [0, 0.1) is 10.1 Å². The van der Waals surface area contributed by atoms with Gasteiger partial charge in [-0.2, -0.15) is 0 Å². The number of hydrogen-bond donors (Lipinski definition) is 0. The molecule has 4 rings (SSSR count). The molecule has 0 unspecified atom stereocenters. The standard InChI is InChI=1S/C27H31NO6/c1-3-4-5-6-9-18-15-23-21-10-7-8-11-22(21)27(29)34-26(23)16-25(18)33-17-19-14-20(28(30)31)12-13-24(19)32-2/h12-16H,3-11,17H2,1-2H3. The van der Waals surface area contributed by atoms with Crippen LogP contribution < -0.4 is 15.1 Å². The van der Waals surface area contributed by atoms with Crippen molar-refractivity contribution >= 4 is 16.7 Å². The van der Waals surface area contributed by atoms with Crippen LogP contribution in [0.5, 0.6) is 11.5 Å². The molecule has 0 saturated heterocycles. The Balaban J connectivity index is 1.71. The molecule has 2 aromatic carbocycles. The van der Waals surface area contributed by atoms with E-state index >= 15 is 0 Å². The minimum Gasteiger partial charge on any atom is -0.496 e. The topological polar surface area (TPSA) is 91.8 Å². The number of nitro groups is 1. The van der Waals surface area contributed by atoms with Crippen molar-refractivity contribution in [3.05, 3.63) is 73.1 Å². The van der Waals surface area contributed by atoms with E-state index in [0.29, 0.717) is 22.6 Å². The third-order valence-electron chi connectivity index (χ3n) is 6.56. The van der Waals surface area contributed by atoms with Gasteiger partial charge in [-0.25, -0.2) is 4.79 Å². The third kappa shape index (κ3) is 5.08. The molecule has 0 bridgehead atoms. The number of rotatable bonds is 10. The fraction of sp³-hybridized carbons (Fsp3) is 0.444. The van der Waals surface area contributed by atoms with Crippen LogP contribution in [0.2, 0.25) is 0 Å². The number of unbranched alkanes of at least 4 members (excludes halogenated alkanes) is 3. The smallest absolute Gasteiger partial charge is 0.339 e. The van der Waals surface area contributed by atoms with Crippen molar-refractivity contribution in [2.24, 2.45) is 0 Å². The lowest BCUT2D eigenvalue weighted by molar-refractivity contribution is -0.385. The highest BCUT2D eigenvalue weighted by atomic mass is 16.6. The predicted molar refractivity (Wildman–Crippen MR) is 131 cm³/mol. The Hall–Kier alpha value is -3.35. The second kappa shape index (κ2) is 10.7. The molecule has 1 aromatic heterocycles. The highest BCUT2D eigenvalue weighted by Gasteiger charge is 2.20. The quantitative estimate of drug-likeness (QED) is 0.151. The molecular weight excluding hydrogens is 434 g/mol. The molecular formula is C27H31NO6. The van der Waals surface area contributed by atoms with Crippen molar-refractivity contribution in [2.75, 3.05) is 7.11 Å². The first-order valence-electron chi connectivity index (χ1n) is 12.1. The van der Waals surface area contributed by atoms with Gasteiger partial charge in [-0.3, -0.25) is 10.1 Å². The van der Waals surface area contributed by atoms with E-state index in [9.17, 15) is 14.9 Å². The van der Waals surface area contributed by atoms with Gasteiger partial charge >= 0.3 is 5.63 Å². The number of nitro benzene ring substituents is 1. The zero-order valence-electron chi connectivity index (χ0n) is 19.9. The zero-order chi connectivity index (χ0) is 24.1. The van der Waals surface area contributed by atoms with Gasteiger partial charge in [0.15, 0.2) is 0 Å². The maximum atomic E-state index is 12.6.